The van der Waals surface area contributed by atoms with Gasteiger partial charge in [0, 0.05) is 12.6 Å². The highest BCUT2D eigenvalue weighted by atomic mass is 16.5. The Morgan fingerprint density at radius 2 is 2.09 bits per heavy atom. The van der Waals surface area contributed by atoms with Gasteiger partial charge in [-0.15, -0.1) is 0 Å². The van der Waals surface area contributed by atoms with Gasteiger partial charge in [-0.2, -0.15) is 0 Å². The van der Waals surface area contributed by atoms with Crippen molar-refractivity contribution >= 4 is 0 Å². The van der Waals surface area contributed by atoms with Crippen molar-refractivity contribution in [2.45, 2.75) is 45.3 Å². The lowest BCUT2D eigenvalue weighted by Crippen LogP contribution is -2.46. The predicted octanol–water partition coefficient (Wildman–Crippen LogP) is 1.54. The summed E-state index contributed by atoms with van der Waals surface area (Å²) in [4.78, 5) is 0. The SMILES string of the molecule is CCOC(C)(C)C(N)C1CC1. The molecule has 0 spiro atoms. The Morgan fingerprint density at radius 3 is 2.45 bits per heavy atom. The molecular formula is C9H19NO. The van der Waals surface area contributed by atoms with E-state index in [1.165, 1.54) is 12.8 Å². The van der Waals surface area contributed by atoms with Crippen molar-refractivity contribution in [2.75, 3.05) is 6.61 Å². The summed E-state index contributed by atoms with van der Waals surface area (Å²) in [5.74, 6) is 0.719. The van der Waals surface area contributed by atoms with E-state index in [1.807, 2.05) is 6.92 Å². The third kappa shape index (κ3) is 2.17. The first kappa shape index (κ1) is 9.01. The quantitative estimate of drug-likeness (QED) is 0.672. The van der Waals surface area contributed by atoms with Crippen LogP contribution in [0.3, 0.4) is 0 Å². The van der Waals surface area contributed by atoms with Crippen LogP contribution in [0.4, 0.5) is 0 Å². The smallest absolute Gasteiger partial charge is 0.0779 e. The normalized spacial score (nSPS) is 21.8. The molecule has 0 aromatic carbocycles. The molecule has 1 rings (SSSR count). The molecule has 0 aliphatic heterocycles. The van der Waals surface area contributed by atoms with Crippen molar-refractivity contribution in [3.05, 3.63) is 0 Å². The van der Waals surface area contributed by atoms with Crippen molar-refractivity contribution in [3.63, 3.8) is 0 Å². The molecule has 1 unspecified atom stereocenters. The second-order valence-corrected chi connectivity index (χ2v) is 3.90. The summed E-state index contributed by atoms with van der Waals surface area (Å²) in [6, 6.07) is 0.224. The monoisotopic (exact) mass is 157 g/mol. The first-order valence-corrected chi connectivity index (χ1v) is 4.47. The number of ether oxygens (including phenoxy) is 1. The number of nitrogens with two attached hydrogens (primary N) is 1. The zero-order valence-corrected chi connectivity index (χ0v) is 7.76. The molecule has 2 heteroatoms. The van der Waals surface area contributed by atoms with E-state index < -0.39 is 0 Å². The molecule has 2 nitrogen and oxygen atoms in total. The van der Waals surface area contributed by atoms with Crippen molar-refractivity contribution < 1.29 is 4.74 Å². The lowest BCUT2D eigenvalue weighted by atomic mass is 9.95. The van der Waals surface area contributed by atoms with Crippen molar-refractivity contribution in [3.8, 4) is 0 Å². The van der Waals surface area contributed by atoms with E-state index in [0.717, 1.165) is 12.5 Å². The Kier molecular flexibility index (Phi) is 2.55. The van der Waals surface area contributed by atoms with E-state index in [4.69, 9.17) is 10.5 Å². The molecular weight excluding hydrogens is 138 g/mol. The van der Waals surface area contributed by atoms with Gasteiger partial charge in [-0.1, -0.05) is 0 Å². The molecule has 1 aliphatic rings. The highest BCUT2D eigenvalue weighted by Gasteiger charge is 2.38. The molecule has 0 bridgehead atoms. The highest BCUT2D eigenvalue weighted by Crippen LogP contribution is 2.36. The summed E-state index contributed by atoms with van der Waals surface area (Å²) in [6.45, 7) is 6.94. The Hall–Kier alpha value is -0.0800. The van der Waals surface area contributed by atoms with Gasteiger partial charge < -0.3 is 10.5 Å². The first-order valence-electron chi connectivity index (χ1n) is 4.47. The maximum atomic E-state index is 6.02. The van der Waals surface area contributed by atoms with Crippen LogP contribution in [0.15, 0.2) is 0 Å². The molecule has 1 saturated carbocycles. The van der Waals surface area contributed by atoms with E-state index in [2.05, 4.69) is 13.8 Å². The van der Waals surface area contributed by atoms with Crippen LogP contribution in [0.25, 0.3) is 0 Å². The molecule has 0 amide bonds. The molecule has 1 atom stereocenters. The third-order valence-electron chi connectivity index (χ3n) is 2.45. The van der Waals surface area contributed by atoms with Crippen molar-refractivity contribution in [2.24, 2.45) is 11.7 Å². The largest absolute Gasteiger partial charge is 0.374 e. The summed E-state index contributed by atoms with van der Waals surface area (Å²) in [7, 11) is 0. The molecule has 0 saturated heterocycles. The van der Waals surface area contributed by atoms with Gasteiger partial charge in [0.05, 0.1) is 5.60 Å². The van der Waals surface area contributed by atoms with Crippen LogP contribution in [0.5, 0.6) is 0 Å². The standard InChI is InChI=1S/C9H19NO/c1-4-11-9(2,3)8(10)7-5-6-7/h7-8H,4-6,10H2,1-3H3. The minimum Gasteiger partial charge on any atom is -0.374 e. The van der Waals surface area contributed by atoms with E-state index in [-0.39, 0.29) is 11.6 Å². The maximum Gasteiger partial charge on any atom is 0.0779 e. The van der Waals surface area contributed by atoms with Gasteiger partial charge in [-0.05, 0) is 39.5 Å². The van der Waals surface area contributed by atoms with Crippen molar-refractivity contribution in [1.82, 2.24) is 0 Å². The second kappa shape index (κ2) is 3.11. The Bertz CT molecular complexity index is 130. The number of hydrogen-bond donors (Lipinski definition) is 1. The third-order valence-corrected chi connectivity index (χ3v) is 2.45. The molecule has 0 radical (unpaired) electrons. The Balaban J connectivity index is 2.40. The van der Waals surface area contributed by atoms with Gasteiger partial charge in [0.2, 0.25) is 0 Å². The summed E-state index contributed by atoms with van der Waals surface area (Å²) >= 11 is 0. The minimum absolute atomic E-state index is 0.129. The molecule has 1 aliphatic carbocycles. The molecule has 2 N–H and O–H groups in total. The second-order valence-electron chi connectivity index (χ2n) is 3.90. The van der Waals surface area contributed by atoms with Gasteiger partial charge in [0.15, 0.2) is 0 Å². The zero-order chi connectivity index (χ0) is 8.48. The first-order chi connectivity index (χ1) is 5.08. The summed E-state index contributed by atoms with van der Waals surface area (Å²) in [5, 5.41) is 0. The van der Waals surface area contributed by atoms with Gasteiger partial charge in [-0.25, -0.2) is 0 Å². The van der Waals surface area contributed by atoms with E-state index >= 15 is 0 Å². The van der Waals surface area contributed by atoms with Crippen LogP contribution in [-0.2, 0) is 4.74 Å². The predicted molar refractivity (Wildman–Crippen MR) is 46.4 cm³/mol. The van der Waals surface area contributed by atoms with Gasteiger partial charge in [0.1, 0.15) is 0 Å². The van der Waals surface area contributed by atoms with Crippen LogP contribution >= 0.6 is 0 Å². The van der Waals surface area contributed by atoms with Crippen LogP contribution < -0.4 is 5.73 Å². The van der Waals surface area contributed by atoms with Crippen LogP contribution in [0.2, 0.25) is 0 Å². The molecule has 1 fully saturated rings. The fourth-order valence-corrected chi connectivity index (χ4v) is 1.49. The number of hydrogen-bond acceptors (Lipinski definition) is 2. The van der Waals surface area contributed by atoms with Crippen LogP contribution in [0, 0.1) is 5.92 Å². The molecule has 66 valence electrons. The summed E-state index contributed by atoms with van der Waals surface area (Å²) < 4.78 is 5.57. The highest BCUT2D eigenvalue weighted by molar-refractivity contribution is 4.94. The van der Waals surface area contributed by atoms with Gasteiger partial charge >= 0.3 is 0 Å². The fourth-order valence-electron chi connectivity index (χ4n) is 1.49. The fraction of sp³-hybridized carbons (Fsp3) is 1.00. The maximum absolute atomic E-state index is 6.02. The minimum atomic E-state index is -0.129. The molecule has 0 aromatic rings. The van der Waals surface area contributed by atoms with Crippen molar-refractivity contribution in [1.29, 1.82) is 0 Å². The average Bonchev–Trinajstić information content (AvgIpc) is 2.67. The lowest BCUT2D eigenvalue weighted by Gasteiger charge is -2.31. The van der Waals surface area contributed by atoms with Gasteiger partial charge in [0.25, 0.3) is 0 Å². The van der Waals surface area contributed by atoms with Gasteiger partial charge in [-0.3, -0.25) is 0 Å². The molecule has 0 heterocycles. The zero-order valence-electron chi connectivity index (χ0n) is 7.76. The Labute approximate surface area is 69.1 Å². The number of rotatable bonds is 4. The topological polar surface area (TPSA) is 35.2 Å². The van der Waals surface area contributed by atoms with E-state index in [9.17, 15) is 0 Å². The summed E-state index contributed by atoms with van der Waals surface area (Å²) in [6.07, 6.45) is 2.58. The molecule has 0 aromatic heterocycles. The summed E-state index contributed by atoms with van der Waals surface area (Å²) in [5.41, 5.74) is 5.89. The average molecular weight is 157 g/mol. The Morgan fingerprint density at radius 1 is 1.55 bits per heavy atom. The van der Waals surface area contributed by atoms with Crippen LogP contribution in [0.1, 0.15) is 33.6 Å². The van der Waals surface area contributed by atoms with Crippen LogP contribution in [-0.4, -0.2) is 18.2 Å². The van der Waals surface area contributed by atoms with E-state index in [0.29, 0.717) is 0 Å². The van der Waals surface area contributed by atoms with E-state index in [1.54, 1.807) is 0 Å². The molecule has 11 heavy (non-hydrogen) atoms. The lowest BCUT2D eigenvalue weighted by molar-refractivity contribution is -0.0338.